The zero-order valence-electron chi connectivity index (χ0n) is 8.84. The third-order valence-electron chi connectivity index (χ3n) is 2.49. The van der Waals surface area contributed by atoms with Crippen molar-refractivity contribution in [2.75, 3.05) is 6.54 Å². The van der Waals surface area contributed by atoms with Crippen LogP contribution in [-0.2, 0) is 4.79 Å². The van der Waals surface area contributed by atoms with E-state index < -0.39 is 5.97 Å². The van der Waals surface area contributed by atoms with E-state index in [-0.39, 0.29) is 24.3 Å². The van der Waals surface area contributed by atoms with Gasteiger partial charge in [0.2, 0.25) is 5.76 Å². The van der Waals surface area contributed by atoms with E-state index in [9.17, 15) is 9.59 Å². The van der Waals surface area contributed by atoms with Crippen LogP contribution >= 0.6 is 0 Å². The second-order valence-corrected chi connectivity index (χ2v) is 3.82. The summed E-state index contributed by atoms with van der Waals surface area (Å²) >= 11 is 0. The molecular formula is C10H12N2O4. The Morgan fingerprint density at radius 1 is 1.62 bits per heavy atom. The zero-order valence-corrected chi connectivity index (χ0v) is 8.84. The first-order valence-electron chi connectivity index (χ1n) is 5.02. The van der Waals surface area contributed by atoms with Gasteiger partial charge in [0.15, 0.2) is 6.39 Å². The van der Waals surface area contributed by atoms with Gasteiger partial charge < -0.3 is 14.4 Å². The Bertz CT molecular complexity index is 422. The molecule has 1 amide bonds. The van der Waals surface area contributed by atoms with Crippen molar-refractivity contribution in [1.82, 2.24) is 9.88 Å². The first-order chi connectivity index (χ1) is 7.59. The normalized spacial score (nSPS) is 14.8. The topological polar surface area (TPSA) is 83.6 Å². The summed E-state index contributed by atoms with van der Waals surface area (Å²) in [4.78, 5) is 27.8. The second-order valence-electron chi connectivity index (χ2n) is 3.82. The Hall–Kier alpha value is -1.85. The number of nitrogens with zero attached hydrogens (tertiary/aromatic N) is 2. The predicted molar refractivity (Wildman–Crippen MR) is 52.9 cm³/mol. The highest BCUT2D eigenvalue weighted by Crippen LogP contribution is 2.28. The average Bonchev–Trinajstić information content (AvgIpc) is 2.97. The van der Waals surface area contributed by atoms with Crippen LogP contribution < -0.4 is 0 Å². The minimum atomic E-state index is -1.02. The Morgan fingerprint density at radius 3 is 2.75 bits per heavy atom. The maximum atomic E-state index is 12.0. The molecule has 0 spiro atoms. The number of aryl methyl sites for hydroxylation is 1. The summed E-state index contributed by atoms with van der Waals surface area (Å²) in [6.07, 6.45) is 2.90. The fraction of sp³-hybridized carbons (Fsp3) is 0.500. The van der Waals surface area contributed by atoms with Crippen LogP contribution in [0.2, 0.25) is 0 Å². The summed E-state index contributed by atoms with van der Waals surface area (Å²) in [6, 6.07) is 0.0353. The molecule has 2 rings (SSSR count). The van der Waals surface area contributed by atoms with Crippen molar-refractivity contribution >= 4 is 11.9 Å². The molecule has 1 N–H and O–H groups in total. The molecule has 6 nitrogen and oxygen atoms in total. The monoisotopic (exact) mass is 224 g/mol. The summed E-state index contributed by atoms with van der Waals surface area (Å²) in [6.45, 7) is 1.37. The van der Waals surface area contributed by atoms with Gasteiger partial charge in [-0.25, -0.2) is 4.98 Å². The largest absolute Gasteiger partial charge is 0.480 e. The van der Waals surface area contributed by atoms with Crippen LogP contribution in [-0.4, -0.2) is 39.5 Å². The minimum absolute atomic E-state index is 0.0353. The van der Waals surface area contributed by atoms with E-state index in [4.69, 9.17) is 9.52 Å². The first kappa shape index (κ1) is 10.7. The molecule has 6 heteroatoms. The van der Waals surface area contributed by atoms with E-state index in [1.54, 1.807) is 6.92 Å². The Labute approximate surface area is 91.9 Å². The number of aliphatic carboxylic acids is 1. The van der Waals surface area contributed by atoms with Crippen molar-refractivity contribution in [1.29, 1.82) is 0 Å². The SMILES string of the molecule is Cc1ncoc1C(=O)N(CC(=O)O)C1CC1. The number of amides is 1. The lowest BCUT2D eigenvalue weighted by molar-refractivity contribution is -0.137. The summed E-state index contributed by atoms with van der Waals surface area (Å²) in [7, 11) is 0. The van der Waals surface area contributed by atoms with Gasteiger partial charge in [0.05, 0.1) is 5.69 Å². The lowest BCUT2D eigenvalue weighted by Gasteiger charge is -2.18. The van der Waals surface area contributed by atoms with Crippen molar-refractivity contribution in [3.8, 4) is 0 Å². The van der Waals surface area contributed by atoms with E-state index in [1.807, 2.05) is 0 Å². The van der Waals surface area contributed by atoms with Gasteiger partial charge in [0.1, 0.15) is 6.54 Å². The quantitative estimate of drug-likeness (QED) is 0.812. The number of carboxylic acids is 1. The summed E-state index contributed by atoms with van der Waals surface area (Å²) in [5.41, 5.74) is 0.487. The van der Waals surface area contributed by atoms with Crippen LogP contribution in [0, 0.1) is 6.92 Å². The summed E-state index contributed by atoms with van der Waals surface area (Å²) in [5, 5.41) is 8.74. The molecule has 16 heavy (non-hydrogen) atoms. The molecule has 1 aromatic rings. The van der Waals surface area contributed by atoms with E-state index in [2.05, 4.69) is 4.98 Å². The Balaban J connectivity index is 2.17. The van der Waals surface area contributed by atoms with Gasteiger partial charge in [-0.1, -0.05) is 0 Å². The number of aromatic nitrogens is 1. The van der Waals surface area contributed by atoms with Gasteiger partial charge in [-0.2, -0.15) is 0 Å². The van der Waals surface area contributed by atoms with Gasteiger partial charge >= 0.3 is 5.97 Å². The molecule has 1 aliphatic rings. The average molecular weight is 224 g/mol. The zero-order chi connectivity index (χ0) is 11.7. The fourth-order valence-corrected chi connectivity index (χ4v) is 1.54. The van der Waals surface area contributed by atoms with Crippen LogP contribution in [0.3, 0.4) is 0 Å². The maximum Gasteiger partial charge on any atom is 0.323 e. The van der Waals surface area contributed by atoms with Crippen molar-refractivity contribution in [2.24, 2.45) is 0 Å². The van der Waals surface area contributed by atoms with Crippen molar-refractivity contribution in [2.45, 2.75) is 25.8 Å². The number of oxazole rings is 1. The van der Waals surface area contributed by atoms with Crippen LogP contribution in [0.1, 0.15) is 29.1 Å². The lowest BCUT2D eigenvalue weighted by Crippen LogP contribution is -2.37. The van der Waals surface area contributed by atoms with Crippen molar-refractivity contribution in [3.63, 3.8) is 0 Å². The third-order valence-corrected chi connectivity index (χ3v) is 2.49. The minimum Gasteiger partial charge on any atom is -0.480 e. The number of carboxylic acid groups (broad SMARTS) is 1. The fourth-order valence-electron chi connectivity index (χ4n) is 1.54. The van der Waals surface area contributed by atoms with E-state index in [0.29, 0.717) is 5.69 Å². The van der Waals surface area contributed by atoms with E-state index in [0.717, 1.165) is 12.8 Å². The maximum absolute atomic E-state index is 12.0. The molecule has 0 bridgehead atoms. The van der Waals surface area contributed by atoms with Gasteiger partial charge in [-0.05, 0) is 19.8 Å². The van der Waals surface area contributed by atoms with Crippen molar-refractivity contribution in [3.05, 3.63) is 17.8 Å². The highest BCUT2D eigenvalue weighted by Gasteiger charge is 2.36. The van der Waals surface area contributed by atoms with E-state index in [1.165, 1.54) is 11.3 Å². The first-order valence-corrected chi connectivity index (χ1v) is 5.02. The standard InChI is InChI=1S/C10H12N2O4/c1-6-9(16-5-11-6)10(15)12(4-8(13)14)7-2-3-7/h5,7H,2-4H2,1H3,(H,13,14). The number of hydrogen-bond acceptors (Lipinski definition) is 4. The Kier molecular flexibility index (Phi) is 2.64. The molecule has 0 aromatic carbocycles. The summed E-state index contributed by atoms with van der Waals surface area (Å²) < 4.78 is 4.97. The molecule has 1 saturated carbocycles. The van der Waals surface area contributed by atoms with Crippen LogP contribution in [0.4, 0.5) is 0 Å². The number of rotatable bonds is 4. The summed E-state index contributed by atoms with van der Waals surface area (Å²) in [5.74, 6) is -1.27. The third kappa shape index (κ3) is 2.05. The van der Waals surface area contributed by atoms with E-state index >= 15 is 0 Å². The molecule has 1 aromatic heterocycles. The molecule has 0 aliphatic heterocycles. The molecular weight excluding hydrogens is 212 g/mol. The van der Waals surface area contributed by atoms with Gasteiger partial charge in [0, 0.05) is 6.04 Å². The molecule has 1 heterocycles. The van der Waals surface area contributed by atoms with Gasteiger partial charge in [-0.15, -0.1) is 0 Å². The van der Waals surface area contributed by atoms with Crippen LogP contribution in [0.5, 0.6) is 0 Å². The van der Waals surface area contributed by atoms with Crippen LogP contribution in [0.15, 0.2) is 10.8 Å². The smallest absolute Gasteiger partial charge is 0.323 e. The molecule has 0 unspecified atom stereocenters. The molecule has 0 atom stereocenters. The number of hydrogen-bond donors (Lipinski definition) is 1. The number of carbonyl (C=O) groups is 2. The Morgan fingerprint density at radius 2 is 2.31 bits per heavy atom. The highest BCUT2D eigenvalue weighted by atomic mass is 16.4. The van der Waals surface area contributed by atoms with Crippen LogP contribution in [0.25, 0.3) is 0 Å². The molecule has 86 valence electrons. The van der Waals surface area contributed by atoms with Gasteiger partial charge in [-0.3, -0.25) is 9.59 Å². The molecule has 0 saturated heterocycles. The number of carbonyl (C=O) groups excluding carboxylic acids is 1. The molecule has 1 aliphatic carbocycles. The molecule has 1 fully saturated rings. The lowest BCUT2D eigenvalue weighted by atomic mass is 10.3. The molecule has 0 radical (unpaired) electrons. The van der Waals surface area contributed by atoms with Crippen molar-refractivity contribution < 1.29 is 19.1 Å². The predicted octanol–water partition coefficient (Wildman–Crippen LogP) is 0.672. The highest BCUT2D eigenvalue weighted by molar-refractivity contribution is 5.94. The van der Waals surface area contributed by atoms with Gasteiger partial charge in [0.25, 0.3) is 5.91 Å². The second kappa shape index (κ2) is 3.96.